The SMILES string of the molecule is CCCOc1ccc(N2C(=O)C[C@@H](Nc3ccc(F)c(F)c3)C2=O)cc1. The van der Waals surface area contributed by atoms with Gasteiger partial charge in [0.15, 0.2) is 11.6 Å². The quantitative estimate of drug-likeness (QED) is 0.801. The summed E-state index contributed by atoms with van der Waals surface area (Å²) < 4.78 is 31.8. The summed E-state index contributed by atoms with van der Waals surface area (Å²) >= 11 is 0. The van der Waals surface area contributed by atoms with Crippen LogP contribution in [0.3, 0.4) is 0 Å². The number of amides is 2. The topological polar surface area (TPSA) is 58.6 Å². The van der Waals surface area contributed by atoms with E-state index in [0.717, 1.165) is 23.5 Å². The third kappa shape index (κ3) is 3.66. The summed E-state index contributed by atoms with van der Waals surface area (Å²) in [5, 5.41) is 2.78. The Hall–Kier alpha value is -2.96. The van der Waals surface area contributed by atoms with Crippen LogP contribution in [0, 0.1) is 11.6 Å². The van der Waals surface area contributed by atoms with E-state index in [-0.39, 0.29) is 18.0 Å². The summed E-state index contributed by atoms with van der Waals surface area (Å²) in [6.07, 6.45) is 0.814. The molecule has 0 spiro atoms. The van der Waals surface area contributed by atoms with E-state index in [4.69, 9.17) is 4.74 Å². The van der Waals surface area contributed by atoms with Crippen LogP contribution in [0.4, 0.5) is 20.2 Å². The highest BCUT2D eigenvalue weighted by Gasteiger charge is 2.39. The lowest BCUT2D eigenvalue weighted by atomic mass is 10.2. The number of anilines is 2. The minimum atomic E-state index is -1.02. The average Bonchev–Trinajstić information content (AvgIpc) is 2.90. The monoisotopic (exact) mass is 360 g/mol. The van der Waals surface area contributed by atoms with Crippen LogP contribution in [0.2, 0.25) is 0 Å². The summed E-state index contributed by atoms with van der Waals surface area (Å²) in [7, 11) is 0. The smallest absolute Gasteiger partial charge is 0.256 e. The molecule has 1 aliphatic rings. The number of benzene rings is 2. The Morgan fingerprint density at radius 1 is 1.12 bits per heavy atom. The number of imide groups is 1. The van der Waals surface area contributed by atoms with Crippen molar-refractivity contribution in [1.29, 1.82) is 0 Å². The molecular formula is C19H18F2N2O3. The number of rotatable bonds is 6. The van der Waals surface area contributed by atoms with Gasteiger partial charge in [0, 0.05) is 11.8 Å². The van der Waals surface area contributed by atoms with Gasteiger partial charge in [-0.3, -0.25) is 9.59 Å². The van der Waals surface area contributed by atoms with Gasteiger partial charge in [0.2, 0.25) is 5.91 Å². The molecule has 2 aromatic carbocycles. The van der Waals surface area contributed by atoms with Crippen molar-refractivity contribution in [2.24, 2.45) is 0 Å². The van der Waals surface area contributed by atoms with Crippen LogP contribution >= 0.6 is 0 Å². The number of nitrogens with one attached hydrogen (secondary N) is 1. The van der Waals surface area contributed by atoms with E-state index in [0.29, 0.717) is 18.0 Å². The Labute approximate surface area is 149 Å². The first-order chi connectivity index (χ1) is 12.5. The second-order valence-electron chi connectivity index (χ2n) is 5.94. The molecule has 1 N–H and O–H groups in total. The minimum Gasteiger partial charge on any atom is -0.494 e. The van der Waals surface area contributed by atoms with Gasteiger partial charge in [-0.15, -0.1) is 0 Å². The number of carbonyl (C=O) groups is 2. The zero-order chi connectivity index (χ0) is 18.7. The van der Waals surface area contributed by atoms with Crippen molar-refractivity contribution < 1.29 is 23.1 Å². The lowest BCUT2D eigenvalue weighted by Gasteiger charge is -2.16. The van der Waals surface area contributed by atoms with Crippen LogP contribution in [0.1, 0.15) is 19.8 Å². The molecule has 2 amide bonds. The van der Waals surface area contributed by atoms with Crippen molar-refractivity contribution in [1.82, 2.24) is 0 Å². The highest BCUT2D eigenvalue weighted by molar-refractivity contribution is 6.23. The molecule has 0 bridgehead atoms. The predicted molar refractivity (Wildman–Crippen MR) is 93.1 cm³/mol. The Balaban J connectivity index is 1.73. The van der Waals surface area contributed by atoms with Crippen molar-refractivity contribution >= 4 is 23.2 Å². The van der Waals surface area contributed by atoms with Gasteiger partial charge in [-0.1, -0.05) is 6.92 Å². The fraction of sp³-hybridized carbons (Fsp3) is 0.263. The van der Waals surface area contributed by atoms with Crippen LogP contribution in [0.15, 0.2) is 42.5 Å². The Morgan fingerprint density at radius 3 is 2.50 bits per heavy atom. The molecule has 7 heteroatoms. The average molecular weight is 360 g/mol. The largest absolute Gasteiger partial charge is 0.494 e. The zero-order valence-corrected chi connectivity index (χ0v) is 14.2. The number of halogens is 2. The third-order valence-corrected chi connectivity index (χ3v) is 3.97. The maximum Gasteiger partial charge on any atom is 0.256 e. The minimum absolute atomic E-state index is 0.0636. The van der Waals surface area contributed by atoms with Crippen molar-refractivity contribution in [2.75, 3.05) is 16.8 Å². The maximum absolute atomic E-state index is 13.3. The number of ether oxygens (including phenoxy) is 1. The first kappa shape index (κ1) is 17.8. The summed E-state index contributed by atoms with van der Waals surface area (Å²) in [6.45, 7) is 2.58. The van der Waals surface area contributed by atoms with E-state index in [1.165, 1.54) is 6.07 Å². The van der Waals surface area contributed by atoms with Gasteiger partial charge in [0.05, 0.1) is 18.7 Å². The summed E-state index contributed by atoms with van der Waals surface area (Å²) in [4.78, 5) is 25.9. The van der Waals surface area contributed by atoms with Gasteiger partial charge in [0.25, 0.3) is 5.91 Å². The molecule has 1 fully saturated rings. The van der Waals surface area contributed by atoms with Gasteiger partial charge < -0.3 is 10.1 Å². The van der Waals surface area contributed by atoms with E-state index in [2.05, 4.69) is 5.32 Å². The third-order valence-electron chi connectivity index (χ3n) is 3.97. The lowest BCUT2D eigenvalue weighted by molar-refractivity contribution is -0.121. The van der Waals surface area contributed by atoms with Gasteiger partial charge in [0.1, 0.15) is 11.8 Å². The van der Waals surface area contributed by atoms with Crippen molar-refractivity contribution in [3.63, 3.8) is 0 Å². The predicted octanol–water partition coefficient (Wildman–Crippen LogP) is 3.50. The normalized spacial score (nSPS) is 16.9. The number of hydrogen-bond donors (Lipinski definition) is 1. The van der Waals surface area contributed by atoms with Crippen molar-refractivity contribution in [3.05, 3.63) is 54.1 Å². The Morgan fingerprint density at radius 2 is 1.85 bits per heavy atom. The van der Waals surface area contributed by atoms with Crippen LogP contribution in [-0.4, -0.2) is 24.5 Å². The first-order valence-corrected chi connectivity index (χ1v) is 8.31. The summed E-state index contributed by atoms with van der Waals surface area (Å²) in [5.41, 5.74) is 0.679. The molecule has 3 rings (SSSR count). The molecular weight excluding hydrogens is 342 g/mol. The first-order valence-electron chi connectivity index (χ1n) is 8.31. The van der Waals surface area contributed by atoms with Crippen LogP contribution in [0.5, 0.6) is 5.75 Å². The van der Waals surface area contributed by atoms with Crippen LogP contribution in [-0.2, 0) is 9.59 Å². The molecule has 0 aliphatic carbocycles. The van der Waals surface area contributed by atoms with E-state index in [1.807, 2.05) is 6.92 Å². The van der Waals surface area contributed by atoms with E-state index in [9.17, 15) is 18.4 Å². The molecule has 1 aliphatic heterocycles. The second kappa shape index (κ2) is 7.51. The van der Waals surface area contributed by atoms with Crippen molar-refractivity contribution in [3.8, 4) is 5.75 Å². The standard InChI is InChI=1S/C19H18F2N2O3/c1-2-9-26-14-6-4-13(5-7-14)23-18(24)11-17(19(23)25)22-12-3-8-15(20)16(21)10-12/h3-8,10,17,22H,2,9,11H2,1H3/t17-/m1/s1. The Kier molecular flexibility index (Phi) is 5.16. The summed E-state index contributed by atoms with van der Waals surface area (Å²) in [6, 6.07) is 9.08. The van der Waals surface area contributed by atoms with Crippen LogP contribution < -0.4 is 15.0 Å². The van der Waals surface area contributed by atoms with Gasteiger partial charge in [-0.05, 0) is 42.8 Å². The molecule has 2 aromatic rings. The van der Waals surface area contributed by atoms with Gasteiger partial charge >= 0.3 is 0 Å². The Bertz CT molecular complexity index is 824. The van der Waals surface area contributed by atoms with Crippen LogP contribution in [0.25, 0.3) is 0 Å². The molecule has 1 heterocycles. The highest BCUT2D eigenvalue weighted by Crippen LogP contribution is 2.27. The fourth-order valence-corrected chi connectivity index (χ4v) is 2.71. The molecule has 0 radical (unpaired) electrons. The molecule has 0 unspecified atom stereocenters. The zero-order valence-electron chi connectivity index (χ0n) is 14.2. The molecule has 1 atom stereocenters. The highest BCUT2D eigenvalue weighted by atomic mass is 19.2. The number of hydrogen-bond acceptors (Lipinski definition) is 4. The van der Waals surface area contributed by atoms with E-state index >= 15 is 0 Å². The molecule has 26 heavy (non-hydrogen) atoms. The van der Waals surface area contributed by atoms with Gasteiger partial charge in [-0.2, -0.15) is 0 Å². The number of carbonyl (C=O) groups excluding carboxylic acids is 2. The van der Waals surface area contributed by atoms with E-state index in [1.54, 1.807) is 24.3 Å². The lowest BCUT2D eigenvalue weighted by Crippen LogP contribution is -2.34. The summed E-state index contributed by atoms with van der Waals surface area (Å²) in [5.74, 6) is -2.15. The molecule has 0 saturated carbocycles. The van der Waals surface area contributed by atoms with Crippen molar-refractivity contribution in [2.45, 2.75) is 25.8 Å². The number of nitrogens with zero attached hydrogens (tertiary/aromatic N) is 1. The molecule has 136 valence electrons. The maximum atomic E-state index is 13.3. The molecule has 5 nitrogen and oxygen atoms in total. The van der Waals surface area contributed by atoms with E-state index < -0.39 is 23.6 Å². The van der Waals surface area contributed by atoms with Gasteiger partial charge in [-0.25, -0.2) is 13.7 Å². The molecule has 0 aromatic heterocycles. The fourth-order valence-electron chi connectivity index (χ4n) is 2.71. The molecule has 1 saturated heterocycles. The second-order valence-corrected chi connectivity index (χ2v) is 5.94.